The summed E-state index contributed by atoms with van der Waals surface area (Å²) >= 11 is 0. The van der Waals surface area contributed by atoms with Gasteiger partial charge in [-0.1, -0.05) is 13.8 Å². The molecule has 170 valence electrons. The summed E-state index contributed by atoms with van der Waals surface area (Å²) in [6.07, 6.45) is 0.832. The molecule has 0 fully saturated rings. The Labute approximate surface area is 186 Å². The fraction of sp³-hybridized carbons (Fsp3) is 0.375. The predicted molar refractivity (Wildman–Crippen MR) is 118 cm³/mol. The van der Waals surface area contributed by atoms with Crippen LogP contribution >= 0.6 is 0 Å². The highest BCUT2D eigenvalue weighted by Gasteiger charge is 2.33. The number of nitrogens with zero attached hydrogens (tertiary/aromatic N) is 1. The van der Waals surface area contributed by atoms with Gasteiger partial charge in [-0.15, -0.1) is 0 Å². The van der Waals surface area contributed by atoms with E-state index in [-0.39, 0.29) is 30.8 Å². The van der Waals surface area contributed by atoms with E-state index in [1.54, 1.807) is 19.1 Å². The molecule has 1 atom stereocenters. The minimum Gasteiger partial charge on any atom is -0.485 e. The fourth-order valence-corrected chi connectivity index (χ4v) is 3.28. The Kier molecular flexibility index (Phi) is 7.45. The topological polar surface area (TPSA) is 84.9 Å². The molecule has 0 unspecified atom stereocenters. The van der Waals surface area contributed by atoms with Crippen molar-refractivity contribution in [3.05, 3.63) is 53.8 Å². The molecule has 32 heavy (non-hydrogen) atoms. The first-order valence-electron chi connectivity index (χ1n) is 10.5. The Hall–Kier alpha value is -3.42. The Morgan fingerprint density at radius 1 is 1.16 bits per heavy atom. The summed E-state index contributed by atoms with van der Waals surface area (Å²) in [5, 5.41) is 2.85. The molecule has 1 aliphatic rings. The quantitative estimate of drug-likeness (QED) is 0.602. The van der Waals surface area contributed by atoms with Crippen molar-refractivity contribution < 1.29 is 28.2 Å². The second-order valence-corrected chi connectivity index (χ2v) is 8.05. The predicted octanol–water partition coefficient (Wildman–Crippen LogP) is 3.36. The largest absolute Gasteiger partial charge is 0.485 e. The van der Waals surface area contributed by atoms with Gasteiger partial charge in [0.25, 0.3) is 5.91 Å². The molecule has 2 aromatic rings. The lowest BCUT2D eigenvalue weighted by atomic mass is 10.1. The van der Waals surface area contributed by atoms with Crippen LogP contribution in [0, 0.1) is 11.7 Å². The van der Waals surface area contributed by atoms with Gasteiger partial charge in [-0.25, -0.2) is 4.39 Å². The number of Topliss-reactive ketones (excluding diaryl/α,β-unsaturated/α-hetero) is 1. The van der Waals surface area contributed by atoms with E-state index in [1.165, 1.54) is 35.2 Å². The Morgan fingerprint density at radius 2 is 1.88 bits per heavy atom. The number of rotatable bonds is 9. The van der Waals surface area contributed by atoms with Crippen LogP contribution in [0.15, 0.2) is 42.5 Å². The number of carbonyl (C=O) groups is 3. The second kappa shape index (κ2) is 10.3. The van der Waals surface area contributed by atoms with Crippen LogP contribution in [0.4, 0.5) is 10.1 Å². The van der Waals surface area contributed by atoms with Crippen molar-refractivity contribution in [1.29, 1.82) is 0 Å². The lowest BCUT2D eigenvalue weighted by Gasteiger charge is -2.33. The van der Waals surface area contributed by atoms with Crippen molar-refractivity contribution in [2.24, 2.45) is 5.92 Å². The molecular weight excluding hydrogens is 415 g/mol. The third-order valence-electron chi connectivity index (χ3n) is 5.13. The van der Waals surface area contributed by atoms with E-state index in [4.69, 9.17) is 9.47 Å². The van der Waals surface area contributed by atoms with E-state index < -0.39 is 11.9 Å². The number of anilines is 1. The molecule has 8 heteroatoms. The molecule has 0 radical (unpaired) electrons. The van der Waals surface area contributed by atoms with Crippen LogP contribution in [0.5, 0.6) is 11.5 Å². The highest BCUT2D eigenvalue weighted by Crippen LogP contribution is 2.34. The molecule has 3 rings (SSSR count). The fourth-order valence-electron chi connectivity index (χ4n) is 3.28. The van der Waals surface area contributed by atoms with Crippen LogP contribution in [0.1, 0.15) is 37.6 Å². The first kappa shape index (κ1) is 23.2. The summed E-state index contributed by atoms with van der Waals surface area (Å²) in [4.78, 5) is 39.2. The Balaban J connectivity index is 1.74. The molecule has 7 nitrogen and oxygen atoms in total. The maximum Gasteiger partial charge on any atom is 0.265 e. The van der Waals surface area contributed by atoms with E-state index >= 15 is 0 Å². The molecule has 2 aromatic carbocycles. The zero-order chi connectivity index (χ0) is 23.3. The van der Waals surface area contributed by atoms with E-state index in [0.29, 0.717) is 35.2 Å². The number of halogens is 1. The number of fused-ring (bicyclic) bond motifs is 1. The van der Waals surface area contributed by atoms with Gasteiger partial charge in [0.1, 0.15) is 23.4 Å². The third kappa shape index (κ3) is 5.63. The smallest absolute Gasteiger partial charge is 0.265 e. The summed E-state index contributed by atoms with van der Waals surface area (Å²) in [5.74, 6) is -0.136. The van der Waals surface area contributed by atoms with Gasteiger partial charge in [-0.3, -0.25) is 19.3 Å². The number of hydrogen-bond acceptors (Lipinski definition) is 5. The molecular formula is C24H27FN2O5. The monoisotopic (exact) mass is 442 g/mol. The van der Waals surface area contributed by atoms with Crippen molar-refractivity contribution in [2.75, 3.05) is 24.7 Å². The number of ether oxygens (including phenoxy) is 2. The number of benzene rings is 2. The van der Waals surface area contributed by atoms with Gasteiger partial charge in [0.2, 0.25) is 5.91 Å². The zero-order valence-electron chi connectivity index (χ0n) is 18.4. The first-order valence-corrected chi connectivity index (χ1v) is 10.5. The van der Waals surface area contributed by atoms with Crippen LogP contribution in [0.25, 0.3) is 0 Å². The Morgan fingerprint density at radius 3 is 2.56 bits per heavy atom. The SMILES string of the molecule is CC(C)CCNC(=O)[C@H](C)N1C(=O)COc2ccc(C(=O)COc3ccc(F)cc3)cc21. The number of amides is 2. The number of ketones is 1. The van der Waals surface area contributed by atoms with Crippen LogP contribution in [0.2, 0.25) is 0 Å². The van der Waals surface area contributed by atoms with E-state index in [9.17, 15) is 18.8 Å². The summed E-state index contributed by atoms with van der Waals surface area (Å²) in [5.41, 5.74) is 0.668. The minimum atomic E-state index is -0.766. The van der Waals surface area contributed by atoms with Crippen LogP contribution in [-0.4, -0.2) is 43.4 Å². The van der Waals surface area contributed by atoms with Crippen LogP contribution < -0.4 is 19.7 Å². The van der Waals surface area contributed by atoms with Gasteiger partial charge in [-0.05, 0) is 61.7 Å². The standard InChI is InChI=1S/C24H27FN2O5/c1-15(2)10-11-26-24(30)16(3)27-20-12-17(4-9-22(20)32-14-23(27)29)21(28)13-31-19-7-5-18(25)6-8-19/h4-9,12,15-16H,10-11,13-14H2,1-3H3,(H,26,30)/t16-/m0/s1. The van der Waals surface area contributed by atoms with Gasteiger partial charge >= 0.3 is 0 Å². The van der Waals surface area contributed by atoms with E-state index in [0.717, 1.165) is 6.42 Å². The molecule has 0 saturated heterocycles. The van der Waals surface area contributed by atoms with Gasteiger partial charge in [-0.2, -0.15) is 0 Å². The van der Waals surface area contributed by atoms with Gasteiger partial charge < -0.3 is 14.8 Å². The zero-order valence-corrected chi connectivity index (χ0v) is 18.4. The highest BCUT2D eigenvalue weighted by atomic mass is 19.1. The molecule has 0 spiro atoms. The van der Waals surface area contributed by atoms with Crippen molar-refractivity contribution in [3.63, 3.8) is 0 Å². The summed E-state index contributed by atoms with van der Waals surface area (Å²) in [6, 6.07) is 9.30. The number of hydrogen-bond donors (Lipinski definition) is 1. The van der Waals surface area contributed by atoms with Gasteiger partial charge in [0, 0.05) is 12.1 Å². The van der Waals surface area contributed by atoms with Crippen molar-refractivity contribution in [2.45, 2.75) is 33.2 Å². The lowest BCUT2D eigenvalue weighted by molar-refractivity contribution is -0.127. The number of carbonyl (C=O) groups excluding carboxylic acids is 3. The Bertz CT molecular complexity index is 990. The molecule has 0 saturated carbocycles. The molecule has 0 aliphatic carbocycles. The normalized spacial score (nSPS) is 13.9. The second-order valence-electron chi connectivity index (χ2n) is 8.05. The van der Waals surface area contributed by atoms with Crippen molar-refractivity contribution in [3.8, 4) is 11.5 Å². The average Bonchev–Trinajstić information content (AvgIpc) is 2.77. The van der Waals surface area contributed by atoms with Crippen LogP contribution in [0.3, 0.4) is 0 Å². The van der Waals surface area contributed by atoms with Crippen molar-refractivity contribution in [1.82, 2.24) is 5.32 Å². The average molecular weight is 442 g/mol. The van der Waals surface area contributed by atoms with Crippen molar-refractivity contribution >= 4 is 23.3 Å². The summed E-state index contributed by atoms with van der Waals surface area (Å²) in [7, 11) is 0. The lowest BCUT2D eigenvalue weighted by Crippen LogP contribution is -2.51. The van der Waals surface area contributed by atoms with Gasteiger partial charge in [0.05, 0.1) is 5.69 Å². The summed E-state index contributed by atoms with van der Waals surface area (Å²) in [6.45, 7) is 5.85. The molecule has 0 bridgehead atoms. The molecule has 1 aliphatic heterocycles. The molecule has 1 heterocycles. The number of nitrogens with one attached hydrogen (secondary N) is 1. The third-order valence-corrected chi connectivity index (χ3v) is 5.13. The van der Waals surface area contributed by atoms with E-state index in [2.05, 4.69) is 19.2 Å². The van der Waals surface area contributed by atoms with Crippen LogP contribution in [-0.2, 0) is 9.59 Å². The molecule has 2 amide bonds. The molecule has 1 N–H and O–H groups in total. The summed E-state index contributed by atoms with van der Waals surface area (Å²) < 4.78 is 23.9. The van der Waals surface area contributed by atoms with E-state index in [1.807, 2.05) is 0 Å². The molecule has 0 aromatic heterocycles. The van der Waals surface area contributed by atoms with Gasteiger partial charge in [0.15, 0.2) is 19.0 Å². The highest BCUT2D eigenvalue weighted by molar-refractivity contribution is 6.05. The maximum atomic E-state index is 13.0. The first-order chi connectivity index (χ1) is 15.3. The maximum absolute atomic E-state index is 13.0. The minimum absolute atomic E-state index is 0.183.